The number of rotatable bonds is 6. The summed E-state index contributed by atoms with van der Waals surface area (Å²) < 4.78 is 7.07. The Morgan fingerprint density at radius 1 is 1.03 bits per heavy atom. The SMILES string of the molecule is COc1cccc(-c2cnc(N)nc2NC(C)c2cc3cccc(Cl)c3c(=O)n2-c2ccccc2)c1. The zero-order valence-electron chi connectivity index (χ0n) is 19.8. The van der Waals surface area contributed by atoms with E-state index in [9.17, 15) is 4.79 Å². The number of hydrogen-bond donors (Lipinski definition) is 2. The molecule has 0 aliphatic rings. The summed E-state index contributed by atoms with van der Waals surface area (Å²) in [5.41, 5.74) is 8.88. The van der Waals surface area contributed by atoms with Crippen LogP contribution in [0.4, 0.5) is 11.8 Å². The number of benzene rings is 3. The molecule has 0 fully saturated rings. The summed E-state index contributed by atoms with van der Waals surface area (Å²) in [5, 5.41) is 5.11. The van der Waals surface area contributed by atoms with Gasteiger partial charge in [0.2, 0.25) is 5.95 Å². The molecule has 0 radical (unpaired) electrons. The van der Waals surface area contributed by atoms with E-state index in [1.165, 1.54) is 0 Å². The van der Waals surface area contributed by atoms with Crippen LogP contribution in [-0.4, -0.2) is 21.6 Å². The molecule has 0 aliphatic carbocycles. The molecule has 5 rings (SSSR count). The molecule has 5 aromatic rings. The van der Waals surface area contributed by atoms with Gasteiger partial charge >= 0.3 is 0 Å². The van der Waals surface area contributed by atoms with Crippen LogP contribution in [0.1, 0.15) is 18.7 Å². The summed E-state index contributed by atoms with van der Waals surface area (Å²) in [7, 11) is 1.62. The number of hydrogen-bond acceptors (Lipinski definition) is 6. The highest BCUT2D eigenvalue weighted by Gasteiger charge is 2.20. The minimum Gasteiger partial charge on any atom is -0.497 e. The number of halogens is 1. The molecule has 0 spiro atoms. The molecular formula is C28H24ClN5O2. The molecule has 1 unspecified atom stereocenters. The van der Waals surface area contributed by atoms with Crippen LogP contribution in [0.15, 0.2) is 89.9 Å². The summed E-state index contributed by atoms with van der Waals surface area (Å²) in [6.45, 7) is 1.97. The average Bonchev–Trinajstić information content (AvgIpc) is 2.89. The average molecular weight is 498 g/mol. The zero-order chi connectivity index (χ0) is 25.2. The van der Waals surface area contributed by atoms with Crippen LogP contribution in [-0.2, 0) is 0 Å². The Labute approximate surface area is 213 Å². The van der Waals surface area contributed by atoms with Crippen molar-refractivity contribution in [1.29, 1.82) is 0 Å². The maximum atomic E-state index is 13.7. The number of nitrogens with one attached hydrogen (secondary N) is 1. The maximum absolute atomic E-state index is 13.7. The van der Waals surface area contributed by atoms with Crippen LogP contribution in [0.25, 0.3) is 27.6 Å². The van der Waals surface area contributed by atoms with E-state index >= 15 is 0 Å². The highest BCUT2D eigenvalue weighted by molar-refractivity contribution is 6.35. The van der Waals surface area contributed by atoms with Crippen molar-refractivity contribution in [2.45, 2.75) is 13.0 Å². The van der Waals surface area contributed by atoms with Gasteiger partial charge in [0, 0.05) is 23.1 Å². The summed E-state index contributed by atoms with van der Waals surface area (Å²) in [5.74, 6) is 1.40. The van der Waals surface area contributed by atoms with Gasteiger partial charge in [-0.25, -0.2) is 4.98 Å². The van der Waals surface area contributed by atoms with Crippen LogP contribution < -0.4 is 21.3 Å². The van der Waals surface area contributed by atoms with E-state index in [-0.39, 0.29) is 17.5 Å². The number of methoxy groups -OCH3 is 1. The molecule has 0 amide bonds. The smallest absolute Gasteiger partial charge is 0.264 e. The minimum absolute atomic E-state index is 0.141. The number of nitrogens with two attached hydrogens (primary N) is 1. The fraction of sp³-hybridized carbons (Fsp3) is 0.107. The van der Waals surface area contributed by atoms with Crippen molar-refractivity contribution in [3.05, 3.63) is 106 Å². The Kier molecular flexibility index (Phi) is 6.31. The number of nitrogens with zero attached hydrogens (tertiary/aromatic N) is 3. The Morgan fingerprint density at radius 3 is 2.58 bits per heavy atom. The number of fused-ring (bicyclic) bond motifs is 1. The number of para-hydroxylation sites is 1. The third-order valence-corrected chi connectivity index (χ3v) is 6.34. The Balaban J connectivity index is 1.66. The van der Waals surface area contributed by atoms with Crippen molar-refractivity contribution in [3.63, 3.8) is 0 Å². The predicted molar refractivity (Wildman–Crippen MR) is 145 cm³/mol. The lowest BCUT2D eigenvalue weighted by molar-refractivity contribution is 0.415. The second-order valence-electron chi connectivity index (χ2n) is 8.34. The number of pyridine rings is 1. The molecule has 180 valence electrons. The number of ether oxygens (including phenoxy) is 1. The van der Waals surface area contributed by atoms with E-state index in [1.807, 2.05) is 79.7 Å². The molecule has 7 nitrogen and oxygen atoms in total. The van der Waals surface area contributed by atoms with Crippen molar-refractivity contribution in [1.82, 2.24) is 14.5 Å². The minimum atomic E-state index is -0.333. The van der Waals surface area contributed by atoms with E-state index in [4.69, 9.17) is 22.1 Å². The van der Waals surface area contributed by atoms with Gasteiger partial charge in [-0.2, -0.15) is 4.98 Å². The lowest BCUT2D eigenvalue weighted by Gasteiger charge is -2.23. The molecule has 0 saturated carbocycles. The lowest BCUT2D eigenvalue weighted by Crippen LogP contribution is -2.26. The fourth-order valence-electron chi connectivity index (χ4n) is 4.29. The molecule has 1 atom stereocenters. The van der Waals surface area contributed by atoms with Gasteiger partial charge in [0.15, 0.2) is 0 Å². The molecule has 36 heavy (non-hydrogen) atoms. The van der Waals surface area contributed by atoms with Gasteiger partial charge < -0.3 is 15.8 Å². The Hall–Kier alpha value is -4.36. The first kappa shape index (κ1) is 23.4. The third kappa shape index (κ3) is 4.36. The van der Waals surface area contributed by atoms with E-state index in [1.54, 1.807) is 23.9 Å². The van der Waals surface area contributed by atoms with Gasteiger partial charge in [0.25, 0.3) is 5.56 Å². The highest BCUT2D eigenvalue weighted by Crippen LogP contribution is 2.32. The summed E-state index contributed by atoms with van der Waals surface area (Å²) in [4.78, 5) is 22.4. The van der Waals surface area contributed by atoms with E-state index in [2.05, 4.69) is 15.3 Å². The number of anilines is 2. The zero-order valence-corrected chi connectivity index (χ0v) is 20.5. The number of nitrogen functional groups attached to an aromatic ring is 1. The summed E-state index contributed by atoms with van der Waals surface area (Å²) in [6.07, 6.45) is 1.68. The predicted octanol–water partition coefficient (Wildman–Crippen LogP) is 5.87. The van der Waals surface area contributed by atoms with Gasteiger partial charge in [-0.1, -0.05) is 54.1 Å². The van der Waals surface area contributed by atoms with Gasteiger partial charge in [-0.3, -0.25) is 9.36 Å². The van der Waals surface area contributed by atoms with Crippen LogP contribution in [0.3, 0.4) is 0 Å². The quantitative estimate of drug-likeness (QED) is 0.305. The van der Waals surface area contributed by atoms with Gasteiger partial charge in [-0.05, 0) is 54.3 Å². The first-order valence-corrected chi connectivity index (χ1v) is 11.8. The van der Waals surface area contributed by atoms with Crippen LogP contribution in [0.5, 0.6) is 5.75 Å². The Bertz CT molecular complexity index is 1620. The van der Waals surface area contributed by atoms with E-state index < -0.39 is 0 Å². The van der Waals surface area contributed by atoms with Crippen molar-refractivity contribution in [3.8, 4) is 22.6 Å². The van der Waals surface area contributed by atoms with Crippen molar-refractivity contribution in [2.75, 3.05) is 18.2 Å². The molecule has 2 aromatic heterocycles. The second kappa shape index (κ2) is 9.71. The van der Waals surface area contributed by atoms with Crippen LogP contribution in [0.2, 0.25) is 5.02 Å². The molecule has 0 aliphatic heterocycles. The molecular weight excluding hydrogens is 474 g/mol. The summed E-state index contributed by atoms with van der Waals surface area (Å²) in [6, 6.07) is 24.2. The molecule has 2 heterocycles. The fourth-order valence-corrected chi connectivity index (χ4v) is 4.55. The second-order valence-corrected chi connectivity index (χ2v) is 8.75. The highest BCUT2D eigenvalue weighted by atomic mass is 35.5. The topological polar surface area (TPSA) is 95.1 Å². The Morgan fingerprint density at radius 2 is 1.81 bits per heavy atom. The maximum Gasteiger partial charge on any atom is 0.264 e. The van der Waals surface area contributed by atoms with E-state index in [0.29, 0.717) is 22.0 Å². The van der Waals surface area contributed by atoms with Crippen molar-refractivity contribution < 1.29 is 4.74 Å². The molecule has 3 N–H and O–H groups in total. The molecule has 0 bridgehead atoms. The molecule has 3 aromatic carbocycles. The van der Waals surface area contributed by atoms with Crippen LogP contribution in [0, 0.1) is 0 Å². The first-order chi connectivity index (χ1) is 17.5. The van der Waals surface area contributed by atoms with Gasteiger partial charge in [0.05, 0.1) is 23.6 Å². The standard InChI is InChI=1S/C28H24ClN5O2/c1-17(32-26-22(16-31-28(30)33-26)18-8-6-12-21(14-18)36-2)24-15-19-9-7-13-23(29)25(19)27(35)34(24)20-10-4-3-5-11-20/h3-17H,1-2H3,(H3,30,31,32,33). The first-order valence-electron chi connectivity index (χ1n) is 11.4. The normalized spacial score (nSPS) is 11.9. The summed E-state index contributed by atoms with van der Waals surface area (Å²) >= 11 is 6.44. The largest absolute Gasteiger partial charge is 0.497 e. The van der Waals surface area contributed by atoms with Crippen molar-refractivity contribution in [2.24, 2.45) is 0 Å². The lowest BCUT2D eigenvalue weighted by atomic mass is 10.1. The van der Waals surface area contributed by atoms with Gasteiger partial charge in [-0.15, -0.1) is 0 Å². The molecule has 0 saturated heterocycles. The van der Waals surface area contributed by atoms with Crippen molar-refractivity contribution >= 4 is 34.1 Å². The third-order valence-electron chi connectivity index (χ3n) is 6.02. The van der Waals surface area contributed by atoms with Gasteiger partial charge in [0.1, 0.15) is 11.6 Å². The van der Waals surface area contributed by atoms with E-state index in [0.717, 1.165) is 27.9 Å². The van der Waals surface area contributed by atoms with Crippen LogP contribution >= 0.6 is 11.6 Å². The number of aromatic nitrogens is 3. The monoisotopic (exact) mass is 497 g/mol. The molecule has 8 heteroatoms.